The van der Waals surface area contributed by atoms with Crippen molar-refractivity contribution in [2.24, 2.45) is 0 Å². The van der Waals surface area contributed by atoms with Gasteiger partial charge in [-0.25, -0.2) is 4.98 Å². The smallest absolute Gasteiger partial charge is 0.373 e. The van der Waals surface area contributed by atoms with Crippen LogP contribution in [0.15, 0.2) is 66.9 Å². The fourth-order valence-electron chi connectivity index (χ4n) is 5.03. The number of anilines is 2. The average molecular weight is 572 g/mol. The second kappa shape index (κ2) is 12.2. The third-order valence-corrected chi connectivity index (χ3v) is 7.53. The van der Waals surface area contributed by atoms with Crippen molar-refractivity contribution in [2.45, 2.75) is 19.6 Å². The fourth-order valence-corrected chi connectivity index (χ4v) is 5.03. The Labute approximate surface area is 243 Å². The Morgan fingerprint density at radius 1 is 0.952 bits per heavy atom. The molecule has 0 aliphatic carbocycles. The van der Waals surface area contributed by atoms with Crippen molar-refractivity contribution in [1.82, 2.24) is 14.8 Å². The average Bonchev–Trinajstić information content (AvgIpc) is 2.98. The summed E-state index contributed by atoms with van der Waals surface area (Å²) in [6, 6.07) is 16.9. The maximum atomic E-state index is 14.0. The zero-order valence-electron chi connectivity index (χ0n) is 23.8. The topological polar surface area (TPSA) is 60.5 Å². The number of hydrogen-bond donors (Lipinski definition) is 2. The third-order valence-electron chi connectivity index (χ3n) is 7.53. The number of likely N-dealkylation sites (N-methyl/N-ethyl adjacent to an activating group) is 1. The first-order valence-electron chi connectivity index (χ1n) is 13.7. The van der Waals surface area contributed by atoms with Crippen molar-refractivity contribution in [3.8, 4) is 11.8 Å². The number of rotatable bonds is 5. The Morgan fingerprint density at radius 2 is 1.67 bits per heavy atom. The quantitative estimate of drug-likeness (QED) is 0.288. The van der Waals surface area contributed by atoms with Crippen LogP contribution in [0.5, 0.6) is 0 Å². The van der Waals surface area contributed by atoms with E-state index in [2.05, 4.69) is 32.4 Å². The summed E-state index contributed by atoms with van der Waals surface area (Å²) in [7, 11) is 3.81. The summed E-state index contributed by atoms with van der Waals surface area (Å²) in [5.41, 5.74) is 2.11. The first-order chi connectivity index (χ1) is 20.1. The van der Waals surface area contributed by atoms with Gasteiger partial charge in [0.25, 0.3) is 5.91 Å². The van der Waals surface area contributed by atoms with Gasteiger partial charge in [-0.2, -0.15) is 13.2 Å². The Hall–Kier alpha value is -4.39. The van der Waals surface area contributed by atoms with Gasteiger partial charge in [-0.3, -0.25) is 9.69 Å². The van der Waals surface area contributed by atoms with E-state index in [1.165, 1.54) is 12.1 Å². The number of halogens is 3. The maximum absolute atomic E-state index is 14.0. The van der Waals surface area contributed by atoms with Gasteiger partial charge in [-0.1, -0.05) is 48.2 Å². The number of nitrogens with one attached hydrogen (secondary N) is 2. The van der Waals surface area contributed by atoms with E-state index >= 15 is 0 Å². The monoisotopic (exact) mass is 571 g/mol. The van der Waals surface area contributed by atoms with Gasteiger partial charge in [-0.15, -0.1) is 0 Å². The Bertz CT molecular complexity index is 1680. The summed E-state index contributed by atoms with van der Waals surface area (Å²) in [6.45, 7) is 5.14. The zero-order valence-corrected chi connectivity index (χ0v) is 23.8. The summed E-state index contributed by atoms with van der Waals surface area (Å²) in [6.07, 6.45) is -2.83. The second-order valence-corrected chi connectivity index (χ2v) is 10.5. The standard InChI is InChI=1S/C33H32F3N5O/c1-22-8-9-24(18-23(22)10-11-25-20-38-31(37-2)29-7-5-4-6-28(25)29)32(42)39-27-13-12-26(30(19-27)33(34,35)36)21-41-16-14-40(3)15-17-41/h4-9,12-13,18-20H,14-17,21H2,1-3H3,(H,37,38)(H,39,42). The van der Waals surface area contributed by atoms with Crippen LogP contribution in [0, 0.1) is 18.8 Å². The molecule has 1 saturated heterocycles. The lowest BCUT2D eigenvalue weighted by Gasteiger charge is -2.33. The number of alkyl halides is 3. The summed E-state index contributed by atoms with van der Waals surface area (Å²) >= 11 is 0. The van der Waals surface area contributed by atoms with Gasteiger partial charge in [0.2, 0.25) is 0 Å². The minimum Gasteiger partial charge on any atom is -0.373 e. The Balaban J connectivity index is 1.37. The Kier molecular flexibility index (Phi) is 8.48. The van der Waals surface area contributed by atoms with Crippen molar-refractivity contribution < 1.29 is 18.0 Å². The number of fused-ring (bicyclic) bond motifs is 1. The molecule has 0 radical (unpaired) electrons. The van der Waals surface area contributed by atoms with Crippen molar-refractivity contribution in [3.63, 3.8) is 0 Å². The van der Waals surface area contributed by atoms with Crippen molar-refractivity contribution >= 4 is 28.2 Å². The number of amides is 1. The van der Waals surface area contributed by atoms with Crippen LogP contribution in [-0.4, -0.2) is 61.0 Å². The molecule has 42 heavy (non-hydrogen) atoms. The predicted molar refractivity (Wildman–Crippen MR) is 161 cm³/mol. The molecule has 1 amide bonds. The molecule has 2 heterocycles. The van der Waals surface area contributed by atoms with Gasteiger partial charge in [0.05, 0.1) is 11.1 Å². The van der Waals surface area contributed by atoms with Crippen LogP contribution in [0.1, 0.15) is 38.2 Å². The number of nitrogens with zero attached hydrogens (tertiary/aromatic N) is 3. The summed E-state index contributed by atoms with van der Waals surface area (Å²) < 4.78 is 42.0. The van der Waals surface area contributed by atoms with Gasteiger partial charge < -0.3 is 15.5 Å². The number of piperazine rings is 1. The maximum Gasteiger partial charge on any atom is 0.416 e. The van der Waals surface area contributed by atoms with E-state index in [1.54, 1.807) is 24.4 Å². The highest BCUT2D eigenvalue weighted by molar-refractivity contribution is 6.04. The minimum absolute atomic E-state index is 0.0878. The molecule has 1 fully saturated rings. The van der Waals surface area contributed by atoms with Gasteiger partial charge in [-0.05, 0) is 49.4 Å². The van der Waals surface area contributed by atoms with Crippen molar-refractivity contribution in [2.75, 3.05) is 50.9 Å². The van der Waals surface area contributed by atoms with Crippen LogP contribution in [-0.2, 0) is 12.7 Å². The molecular formula is C33H32F3N5O. The van der Waals surface area contributed by atoms with Crippen LogP contribution in [0.25, 0.3) is 10.8 Å². The van der Waals surface area contributed by atoms with Crippen LogP contribution in [0.4, 0.5) is 24.7 Å². The number of benzene rings is 3. The van der Waals surface area contributed by atoms with E-state index < -0.39 is 17.6 Å². The van der Waals surface area contributed by atoms with Gasteiger partial charge in [0.1, 0.15) is 5.82 Å². The first-order valence-corrected chi connectivity index (χ1v) is 13.7. The molecule has 9 heteroatoms. The lowest BCUT2D eigenvalue weighted by atomic mass is 10.0. The molecule has 5 rings (SSSR count). The van der Waals surface area contributed by atoms with E-state index in [9.17, 15) is 18.0 Å². The molecule has 0 spiro atoms. The summed E-state index contributed by atoms with van der Waals surface area (Å²) in [5, 5.41) is 7.62. The normalized spacial score (nSPS) is 14.3. The van der Waals surface area contributed by atoms with E-state index in [-0.39, 0.29) is 17.8 Å². The molecule has 0 bridgehead atoms. The number of aryl methyl sites for hydroxylation is 1. The van der Waals surface area contributed by atoms with Gasteiger partial charge in [0.15, 0.2) is 0 Å². The lowest BCUT2D eigenvalue weighted by Crippen LogP contribution is -2.44. The van der Waals surface area contributed by atoms with E-state index in [0.717, 1.165) is 46.9 Å². The number of aromatic nitrogens is 1. The number of hydrogen-bond acceptors (Lipinski definition) is 5. The number of pyridine rings is 1. The molecule has 3 aromatic carbocycles. The third kappa shape index (κ3) is 6.56. The van der Waals surface area contributed by atoms with Crippen molar-refractivity contribution in [1.29, 1.82) is 0 Å². The van der Waals surface area contributed by atoms with Crippen molar-refractivity contribution in [3.05, 3.63) is 100 Å². The van der Waals surface area contributed by atoms with Crippen LogP contribution >= 0.6 is 0 Å². The molecule has 6 nitrogen and oxygen atoms in total. The minimum atomic E-state index is -4.54. The molecule has 1 aromatic heterocycles. The first kappa shape index (κ1) is 29.1. The highest BCUT2D eigenvalue weighted by atomic mass is 19.4. The predicted octanol–water partition coefficient (Wildman–Crippen LogP) is 6.00. The second-order valence-electron chi connectivity index (χ2n) is 10.5. The highest BCUT2D eigenvalue weighted by Crippen LogP contribution is 2.35. The van der Waals surface area contributed by atoms with Crippen LogP contribution in [0.3, 0.4) is 0 Å². The molecule has 4 aromatic rings. The molecule has 1 aliphatic rings. The summed E-state index contributed by atoms with van der Waals surface area (Å²) in [4.78, 5) is 21.8. The Morgan fingerprint density at radius 3 is 2.38 bits per heavy atom. The molecule has 0 unspecified atom stereocenters. The number of carbonyl (C=O) groups excluding carboxylic acids is 1. The van der Waals surface area contributed by atoms with E-state index in [0.29, 0.717) is 24.2 Å². The van der Waals surface area contributed by atoms with E-state index in [4.69, 9.17) is 0 Å². The largest absolute Gasteiger partial charge is 0.416 e. The molecule has 2 N–H and O–H groups in total. The highest BCUT2D eigenvalue weighted by Gasteiger charge is 2.34. The lowest BCUT2D eigenvalue weighted by molar-refractivity contribution is -0.138. The zero-order chi connectivity index (χ0) is 29.9. The number of carbonyl (C=O) groups is 1. The SMILES string of the molecule is CNc1ncc(C#Cc2cc(C(=O)Nc3ccc(CN4CCN(C)CC4)c(C(F)(F)F)c3)ccc2C)c2ccccc12. The summed E-state index contributed by atoms with van der Waals surface area (Å²) in [5.74, 6) is 6.57. The van der Waals surface area contributed by atoms with Gasteiger partial charge in [0, 0.05) is 73.6 Å². The van der Waals surface area contributed by atoms with E-state index in [1.807, 2.05) is 50.2 Å². The molecule has 1 aliphatic heterocycles. The molecule has 0 saturated carbocycles. The molecular weight excluding hydrogens is 539 g/mol. The fraction of sp³-hybridized carbons (Fsp3) is 0.273. The molecule has 0 atom stereocenters. The molecule has 216 valence electrons. The van der Waals surface area contributed by atoms with Crippen LogP contribution in [0.2, 0.25) is 0 Å². The van der Waals surface area contributed by atoms with Crippen LogP contribution < -0.4 is 10.6 Å². The van der Waals surface area contributed by atoms with Gasteiger partial charge >= 0.3 is 6.18 Å².